The SMILES string of the molecule is c1ccc(-c2ccc(-c3c4ccccc4c(-c4c5ccccc5c(N(c5ccccc5)c5ccc(N6c7ccc(-c8ccccc8-c8ccccc8)cc7C7CC(c8ccccc8-c8ccccc8)CCC76)cc5)c5ccccc45)c4ccccc34)cc2)cc1. The van der Waals surface area contributed by atoms with Gasteiger partial charge in [-0.15, -0.1) is 0 Å². The Bertz CT molecular complexity index is 5040. The number of anilines is 5. The van der Waals surface area contributed by atoms with Crippen LogP contribution in [0.15, 0.2) is 334 Å². The Morgan fingerprint density at radius 3 is 1.24 bits per heavy atom. The predicted molar refractivity (Wildman–Crippen MR) is 382 cm³/mol. The number of para-hydroxylation sites is 1. The Morgan fingerprint density at radius 1 is 0.278 bits per heavy atom. The van der Waals surface area contributed by atoms with Gasteiger partial charge in [0.05, 0.1) is 5.69 Å². The molecule has 2 heteroatoms. The molecule has 2 aliphatic rings. The van der Waals surface area contributed by atoms with Crippen LogP contribution in [0.2, 0.25) is 0 Å². The van der Waals surface area contributed by atoms with Crippen LogP contribution < -0.4 is 9.80 Å². The van der Waals surface area contributed by atoms with Crippen molar-refractivity contribution < 1.29 is 0 Å². The van der Waals surface area contributed by atoms with E-state index in [1.165, 1.54) is 132 Å². The summed E-state index contributed by atoms with van der Waals surface area (Å²) in [6, 6.07) is 125. The van der Waals surface area contributed by atoms with E-state index in [4.69, 9.17) is 0 Å². The van der Waals surface area contributed by atoms with Crippen molar-refractivity contribution in [2.24, 2.45) is 0 Å². The van der Waals surface area contributed by atoms with E-state index in [-0.39, 0.29) is 0 Å². The molecule has 1 aliphatic heterocycles. The van der Waals surface area contributed by atoms with Gasteiger partial charge in [0.1, 0.15) is 0 Å². The van der Waals surface area contributed by atoms with Crippen molar-refractivity contribution in [1.82, 2.24) is 0 Å². The summed E-state index contributed by atoms with van der Waals surface area (Å²) in [6.45, 7) is 0. The summed E-state index contributed by atoms with van der Waals surface area (Å²) < 4.78 is 0. The van der Waals surface area contributed by atoms with Gasteiger partial charge in [0.2, 0.25) is 0 Å². The number of nitrogens with zero attached hydrogens (tertiary/aromatic N) is 2. The average molecular weight is 1150 g/mol. The van der Waals surface area contributed by atoms with E-state index in [0.29, 0.717) is 17.9 Å². The summed E-state index contributed by atoms with van der Waals surface area (Å²) in [5.74, 6) is 0.758. The van der Waals surface area contributed by atoms with Crippen molar-refractivity contribution >= 4 is 71.5 Å². The molecule has 426 valence electrons. The molecule has 3 atom stereocenters. The van der Waals surface area contributed by atoms with Crippen LogP contribution in [0.4, 0.5) is 28.4 Å². The van der Waals surface area contributed by atoms with Gasteiger partial charge in [-0.3, -0.25) is 0 Å². The Kier molecular flexibility index (Phi) is 13.3. The predicted octanol–water partition coefficient (Wildman–Crippen LogP) is 24.3. The van der Waals surface area contributed by atoms with Gasteiger partial charge in [0.25, 0.3) is 0 Å². The molecule has 1 saturated carbocycles. The Morgan fingerprint density at radius 2 is 0.678 bits per heavy atom. The lowest BCUT2D eigenvalue weighted by atomic mass is 9.72. The molecule has 90 heavy (non-hydrogen) atoms. The minimum absolute atomic E-state index is 0.303. The minimum atomic E-state index is 0.303. The van der Waals surface area contributed by atoms with Gasteiger partial charge in [0.15, 0.2) is 0 Å². The lowest BCUT2D eigenvalue weighted by Gasteiger charge is -2.38. The van der Waals surface area contributed by atoms with Gasteiger partial charge in [-0.25, -0.2) is 0 Å². The van der Waals surface area contributed by atoms with Crippen molar-refractivity contribution in [3.8, 4) is 66.8 Å². The van der Waals surface area contributed by atoms with E-state index in [9.17, 15) is 0 Å². The fraction of sp³-hybridized carbons (Fsp3) is 0.0682. The van der Waals surface area contributed by atoms with Crippen LogP contribution in [0, 0.1) is 0 Å². The maximum atomic E-state index is 2.71. The van der Waals surface area contributed by atoms with E-state index in [1.54, 1.807) is 0 Å². The molecule has 0 aromatic heterocycles. The highest BCUT2D eigenvalue weighted by molar-refractivity contribution is 6.30. The summed E-state index contributed by atoms with van der Waals surface area (Å²) in [7, 11) is 0. The lowest BCUT2D eigenvalue weighted by Crippen LogP contribution is -2.34. The van der Waals surface area contributed by atoms with Crippen molar-refractivity contribution in [2.45, 2.75) is 37.1 Å². The smallest absolute Gasteiger partial charge is 0.0618 e. The average Bonchev–Trinajstić information content (AvgIpc) is 0.816. The van der Waals surface area contributed by atoms with Gasteiger partial charge in [-0.05, 0) is 184 Å². The number of hydrogen-bond donors (Lipinski definition) is 0. The first-order chi connectivity index (χ1) is 44.7. The largest absolute Gasteiger partial charge is 0.338 e. The zero-order valence-corrected chi connectivity index (χ0v) is 50.0. The topological polar surface area (TPSA) is 6.48 Å². The summed E-state index contributed by atoms with van der Waals surface area (Å²) >= 11 is 0. The lowest BCUT2D eigenvalue weighted by molar-refractivity contribution is 0.362. The summed E-state index contributed by atoms with van der Waals surface area (Å²) in [4.78, 5) is 5.23. The molecule has 0 amide bonds. The van der Waals surface area contributed by atoms with Crippen LogP contribution in [-0.4, -0.2) is 6.04 Å². The van der Waals surface area contributed by atoms with Crippen molar-refractivity contribution in [3.63, 3.8) is 0 Å². The van der Waals surface area contributed by atoms with Crippen LogP contribution in [0.3, 0.4) is 0 Å². The van der Waals surface area contributed by atoms with E-state index in [1.807, 2.05) is 0 Å². The highest BCUT2D eigenvalue weighted by atomic mass is 15.2. The third kappa shape index (κ3) is 9.09. The standard InChI is InChI=1S/C88H64N2/c1-5-25-59(26-6-1)60-45-47-63(48-46-60)85-73-37-17-19-39-75(73)86(76-40-20-18-38-74(76)85)87-77-41-21-23-43-79(77)88(80-44-24-22-42-78(80)87)89(66-31-11-4-12-32-66)67-51-53-68(54-52-67)90-83-55-49-64(71-35-15-13-33-69(71)61-27-7-2-8-28-61)57-81(83)82-58-65(50-56-84(82)90)72-36-16-14-34-70(72)62-29-9-3-10-30-62/h1-49,51-55,57,65,82,84H,50,56,58H2. The minimum Gasteiger partial charge on any atom is -0.338 e. The van der Waals surface area contributed by atoms with Crippen LogP contribution >= 0.6 is 0 Å². The van der Waals surface area contributed by atoms with Crippen LogP contribution in [0.25, 0.3) is 110 Å². The second-order valence-electron chi connectivity index (χ2n) is 24.5. The van der Waals surface area contributed by atoms with E-state index in [0.717, 1.165) is 36.3 Å². The second kappa shape index (κ2) is 22.6. The number of benzene rings is 15. The second-order valence-corrected chi connectivity index (χ2v) is 24.5. The van der Waals surface area contributed by atoms with Crippen LogP contribution in [0.1, 0.15) is 42.2 Å². The Labute approximate surface area is 526 Å². The first kappa shape index (κ1) is 53.2. The summed E-state index contributed by atoms with van der Waals surface area (Å²) in [6.07, 6.45) is 3.28. The molecule has 1 aliphatic carbocycles. The van der Waals surface area contributed by atoms with Gasteiger partial charge in [-0.2, -0.15) is 0 Å². The molecule has 0 bridgehead atoms. The number of fused-ring (bicyclic) bond motifs is 7. The first-order valence-electron chi connectivity index (χ1n) is 31.9. The highest BCUT2D eigenvalue weighted by Crippen LogP contribution is 2.57. The van der Waals surface area contributed by atoms with Gasteiger partial charge in [-0.1, -0.05) is 285 Å². The zero-order chi connectivity index (χ0) is 59.5. The molecule has 1 heterocycles. The molecular weight excluding hydrogens is 1080 g/mol. The quantitative estimate of drug-likeness (QED) is 0.119. The molecule has 1 fully saturated rings. The van der Waals surface area contributed by atoms with Crippen molar-refractivity contribution in [3.05, 3.63) is 345 Å². The molecule has 0 spiro atoms. The third-order valence-corrected chi connectivity index (χ3v) is 19.6. The maximum Gasteiger partial charge on any atom is 0.0618 e. The Hall–Kier alpha value is -11.1. The molecule has 0 N–H and O–H groups in total. The Balaban J connectivity index is 0.802. The van der Waals surface area contributed by atoms with E-state index >= 15 is 0 Å². The molecule has 2 nitrogen and oxygen atoms in total. The van der Waals surface area contributed by atoms with Gasteiger partial charge >= 0.3 is 0 Å². The fourth-order valence-corrected chi connectivity index (χ4v) is 15.7. The third-order valence-electron chi connectivity index (χ3n) is 19.6. The normalized spacial score (nSPS) is 15.3. The fourth-order valence-electron chi connectivity index (χ4n) is 15.7. The molecule has 3 unspecified atom stereocenters. The molecule has 15 aromatic carbocycles. The van der Waals surface area contributed by atoms with Crippen LogP contribution in [0.5, 0.6) is 0 Å². The maximum absolute atomic E-state index is 2.71. The molecule has 15 aromatic rings. The molecule has 0 radical (unpaired) electrons. The van der Waals surface area contributed by atoms with Crippen LogP contribution in [-0.2, 0) is 0 Å². The highest BCUT2D eigenvalue weighted by Gasteiger charge is 2.44. The molecular formula is C88H64N2. The number of rotatable bonds is 11. The van der Waals surface area contributed by atoms with E-state index < -0.39 is 0 Å². The molecule has 17 rings (SSSR count). The zero-order valence-electron chi connectivity index (χ0n) is 50.0. The number of hydrogen-bond acceptors (Lipinski definition) is 2. The monoisotopic (exact) mass is 1150 g/mol. The molecule has 0 saturated heterocycles. The van der Waals surface area contributed by atoms with Gasteiger partial charge in [0, 0.05) is 45.5 Å². The summed E-state index contributed by atoms with van der Waals surface area (Å²) in [5.41, 5.74) is 23.9. The summed E-state index contributed by atoms with van der Waals surface area (Å²) in [5, 5.41) is 9.77. The van der Waals surface area contributed by atoms with Crippen molar-refractivity contribution in [2.75, 3.05) is 9.80 Å². The van der Waals surface area contributed by atoms with E-state index in [2.05, 4.69) is 343 Å². The van der Waals surface area contributed by atoms with Gasteiger partial charge < -0.3 is 9.80 Å². The first-order valence-corrected chi connectivity index (χ1v) is 31.9. The van der Waals surface area contributed by atoms with Crippen molar-refractivity contribution in [1.29, 1.82) is 0 Å².